The molecule has 0 saturated heterocycles. The summed E-state index contributed by atoms with van der Waals surface area (Å²) in [5.74, 6) is -1.07. The third-order valence-electron chi connectivity index (χ3n) is 4.18. The van der Waals surface area contributed by atoms with Crippen molar-refractivity contribution >= 4 is 28.8 Å². The Morgan fingerprint density at radius 3 is 2.41 bits per heavy atom. The molecule has 3 rings (SSSR count). The van der Waals surface area contributed by atoms with Crippen molar-refractivity contribution in [1.29, 1.82) is 0 Å². The maximum Gasteiger partial charge on any atom is 0.313 e. The summed E-state index contributed by atoms with van der Waals surface area (Å²) in [4.78, 5) is 29.5. The molecule has 0 saturated carbocycles. The van der Waals surface area contributed by atoms with Crippen molar-refractivity contribution < 1.29 is 18.7 Å². The van der Waals surface area contributed by atoms with E-state index in [1.807, 2.05) is 6.92 Å². The molecule has 150 valence electrons. The number of hydrogen-bond donors (Lipinski definition) is 2. The third kappa shape index (κ3) is 5.39. The SMILES string of the molecule is COc1ccc(NC(=O)C(=O)NCCc2sc(-c3ccc(F)cc3)nc2C)cc1. The van der Waals surface area contributed by atoms with Crippen LogP contribution in [0.2, 0.25) is 0 Å². The molecule has 2 amide bonds. The Labute approximate surface area is 171 Å². The topological polar surface area (TPSA) is 80.3 Å². The molecule has 29 heavy (non-hydrogen) atoms. The molecule has 1 aromatic heterocycles. The van der Waals surface area contributed by atoms with Crippen molar-refractivity contribution in [3.05, 3.63) is 64.9 Å². The van der Waals surface area contributed by atoms with Crippen molar-refractivity contribution in [3.63, 3.8) is 0 Å². The fraction of sp³-hybridized carbons (Fsp3) is 0.190. The van der Waals surface area contributed by atoms with E-state index in [1.54, 1.807) is 43.5 Å². The lowest BCUT2D eigenvalue weighted by Crippen LogP contribution is -2.36. The average molecular weight is 413 g/mol. The number of carbonyl (C=O) groups is 2. The number of halogens is 1. The number of rotatable bonds is 6. The molecule has 3 aromatic rings. The van der Waals surface area contributed by atoms with E-state index in [1.165, 1.54) is 23.5 Å². The zero-order valence-corrected chi connectivity index (χ0v) is 16.8. The van der Waals surface area contributed by atoms with E-state index in [2.05, 4.69) is 15.6 Å². The number of aromatic nitrogens is 1. The highest BCUT2D eigenvalue weighted by molar-refractivity contribution is 7.15. The van der Waals surface area contributed by atoms with Gasteiger partial charge in [-0.05, 0) is 55.5 Å². The lowest BCUT2D eigenvalue weighted by atomic mass is 10.2. The molecule has 0 radical (unpaired) electrons. The molecule has 0 aliphatic rings. The zero-order chi connectivity index (χ0) is 20.8. The normalized spacial score (nSPS) is 10.4. The second-order valence-electron chi connectivity index (χ2n) is 6.22. The first-order chi connectivity index (χ1) is 14.0. The second kappa shape index (κ2) is 9.29. The Kier molecular flexibility index (Phi) is 6.56. The number of benzene rings is 2. The summed E-state index contributed by atoms with van der Waals surface area (Å²) in [6.07, 6.45) is 0.548. The van der Waals surface area contributed by atoms with Crippen LogP contribution in [0.5, 0.6) is 5.75 Å². The molecule has 0 atom stereocenters. The van der Waals surface area contributed by atoms with Crippen LogP contribution < -0.4 is 15.4 Å². The van der Waals surface area contributed by atoms with Crippen LogP contribution in [0.1, 0.15) is 10.6 Å². The van der Waals surface area contributed by atoms with Gasteiger partial charge in [0.1, 0.15) is 16.6 Å². The molecule has 8 heteroatoms. The van der Waals surface area contributed by atoms with Crippen molar-refractivity contribution in [3.8, 4) is 16.3 Å². The van der Waals surface area contributed by atoms with Gasteiger partial charge in [0.05, 0.1) is 12.8 Å². The minimum atomic E-state index is -0.733. The van der Waals surface area contributed by atoms with Gasteiger partial charge in [0.2, 0.25) is 0 Å². The number of aryl methyl sites for hydroxylation is 1. The minimum absolute atomic E-state index is 0.294. The maximum absolute atomic E-state index is 13.1. The molecule has 0 unspecified atom stereocenters. The summed E-state index contributed by atoms with van der Waals surface area (Å²) < 4.78 is 18.1. The summed E-state index contributed by atoms with van der Waals surface area (Å²) >= 11 is 1.49. The van der Waals surface area contributed by atoms with Gasteiger partial charge >= 0.3 is 11.8 Å². The van der Waals surface area contributed by atoms with Crippen LogP contribution in [-0.2, 0) is 16.0 Å². The highest BCUT2D eigenvalue weighted by Gasteiger charge is 2.14. The van der Waals surface area contributed by atoms with Crippen LogP contribution in [0, 0.1) is 12.7 Å². The first-order valence-corrected chi connectivity index (χ1v) is 9.73. The fourth-order valence-electron chi connectivity index (χ4n) is 2.61. The van der Waals surface area contributed by atoms with Crippen LogP contribution >= 0.6 is 11.3 Å². The van der Waals surface area contributed by atoms with Crippen molar-refractivity contribution in [2.24, 2.45) is 0 Å². The second-order valence-corrected chi connectivity index (χ2v) is 7.31. The monoisotopic (exact) mass is 413 g/mol. The maximum atomic E-state index is 13.1. The van der Waals surface area contributed by atoms with Crippen LogP contribution in [0.15, 0.2) is 48.5 Å². The third-order valence-corrected chi connectivity index (χ3v) is 5.44. The van der Waals surface area contributed by atoms with E-state index < -0.39 is 11.8 Å². The molecule has 0 spiro atoms. The Hall–Kier alpha value is -3.26. The number of anilines is 1. The van der Waals surface area contributed by atoms with E-state index in [-0.39, 0.29) is 5.82 Å². The van der Waals surface area contributed by atoms with Gasteiger partial charge in [-0.1, -0.05) is 0 Å². The number of thiazole rings is 1. The van der Waals surface area contributed by atoms with E-state index in [4.69, 9.17) is 4.74 Å². The largest absolute Gasteiger partial charge is 0.497 e. The number of nitrogens with one attached hydrogen (secondary N) is 2. The molecule has 2 aromatic carbocycles. The Bertz CT molecular complexity index is 1000. The molecular weight excluding hydrogens is 393 g/mol. The molecule has 0 fully saturated rings. The summed E-state index contributed by atoms with van der Waals surface area (Å²) in [7, 11) is 1.55. The molecule has 2 N–H and O–H groups in total. The summed E-state index contributed by atoms with van der Waals surface area (Å²) in [5, 5.41) is 5.94. The van der Waals surface area contributed by atoms with Crippen molar-refractivity contribution in [1.82, 2.24) is 10.3 Å². The van der Waals surface area contributed by atoms with Gasteiger partial charge in [-0.15, -0.1) is 11.3 Å². The van der Waals surface area contributed by atoms with Crippen LogP contribution in [-0.4, -0.2) is 30.5 Å². The molecule has 0 aliphatic heterocycles. The van der Waals surface area contributed by atoms with Crippen molar-refractivity contribution in [2.75, 3.05) is 19.0 Å². The first kappa shape index (κ1) is 20.5. The van der Waals surface area contributed by atoms with Gasteiger partial charge < -0.3 is 15.4 Å². The van der Waals surface area contributed by atoms with Gasteiger partial charge in [-0.2, -0.15) is 0 Å². The fourth-order valence-corrected chi connectivity index (χ4v) is 3.68. The lowest BCUT2D eigenvalue weighted by Gasteiger charge is -2.07. The van der Waals surface area contributed by atoms with Crippen LogP contribution in [0.25, 0.3) is 10.6 Å². The van der Waals surface area contributed by atoms with E-state index in [0.29, 0.717) is 24.4 Å². The molecule has 1 heterocycles. The number of nitrogens with zero attached hydrogens (tertiary/aromatic N) is 1. The molecular formula is C21H20FN3O3S. The number of ether oxygens (including phenoxy) is 1. The predicted octanol–water partition coefficient (Wildman–Crippen LogP) is 3.56. The van der Waals surface area contributed by atoms with Gasteiger partial charge in [0.15, 0.2) is 0 Å². The number of carbonyl (C=O) groups excluding carboxylic acids is 2. The summed E-state index contributed by atoms with van der Waals surface area (Å²) in [6, 6.07) is 12.9. The van der Waals surface area contributed by atoms with Crippen LogP contribution in [0.3, 0.4) is 0 Å². The molecule has 6 nitrogen and oxygen atoms in total. The summed E-state index contributed by atoms with van der Waals surface area (Å²) in [5.41, 5.74) is 2.20. The number of methoxy groups -OCH3 is 1. The predicted molar refractivity (Wildman–Crippen MR) is 111 cm³/mol. The van der Waals surface area contributed by atoms with Gasteiger partial charge in [0.25, 0.3) is 0 Å². The summed E-state index contributed by atoms with van der Waals surface area (Å²) in [6.45, 7) is 2.19. The quantitative estimate of drug-likeness (QED) is 0.606. The Morgan fingerprint density at radius 2 is 1.76 bits per heavy atom. The lowest BCUT2D eigenvalue weighted by molar-refractivity contribution is -0.136. The Morgan fingerprint density at radius 1 is 1.07 bits per heavy atom. The molecule has 0 aliphatic carbocycles. The average Bonchev–Trinajstić information content (AvgIpc) is 3.09. The standard InChI is InChI=1S/C21H20FN3O3S/c1-13-18(29-21(24-13)14-3-5-15(22)6-4-14)11-12-23-19(26)20(27)25-16-7-9-17(28-2)10-8-16/h3-10H,11-12H2,1-2H3,(H,23,26)(H,25,27). The van der Waals surface area contributed by atoms with Crippen LogP contribution in [0.4, 0.5) is 10.1 Å². The number of hydrogen-bond acceptors (Lipinski definition) is 5. The van der Waals surface area contributed by atoms with Gasteiger partial charge in [0, 0.05) is 29.1 Å². The highest BCUT2D eigenvalue weighted by atomic mass is 32.1. The van der Waals surface area contributed by atoms with Crippen molar-refractivity contribution in [2.45, 2.75) is 13.3 Å². The minimum Gasteiger partial charge on any atom is -0.497 e. The van der Waals surface area contributed by atoms with Gasteiger partial charge in [-0.3, -0.25) is 9.59 Å². The van der Waals surface area contributed by atoms with E-state index >= 15 is 0 Å². The number of amides is 2. The van der Waals surface area contributed by atoms with Gasteiger partial charge in [-0.25, -0.2) is 9.37 Å². The Balaban J connectivity index is 1.51. The molecule has 0 bridgehead atoms. The van der Waals surface area contributed by atoms with E-state index in [9.17, 15) is 14.0 Å². The highest BCUT2D eigenvalue weighted by Crippen LogP contribution is 2.28. The smallest absolute Gasteiger partial charge is 0.313 e. The van der Waals surface area contributed by atoms with E-state index in [0.717, 1.165) is 21.1 Å². The zero-order valence-electron chi connectivity index (χ0n) is 16.0. The first-order valence-electron chi connectivity index (χ1n) is 8.91.